The molecule has 0 fully saturated rings. The van der Waals surface area contributed by atoms with Gasteiger partial charge in [-0.2, -0.15) is 0 Å². The van der Waals surface area contributed by atoms with E-state index in [-0.39, 0.29) is 17.7 Å². The molecule has 1 rings (SSSR count). The van der Waals surface area contributed by atoms with Gasteiger partial charge < -0.3 is 15.2 Å². The molecule has 0 aliphatic rings. The molecule has 0 bridgehead atoms. The highest BCUT2D eigenvalue weighted by Gasteiger charge is 2.14. The van der Waals surface area contributed by atoms with Crippen LogP contribution in [-0.4, -0.2) is 23.3 Å². The number of nitrogens with two attached hydrogens (primary N) is 1. The molecule has 2 N–H and O–H groups in total. The fraction of sp³-hybridized carbons (Fsp3) is 0.643. The first kappa shape index (κ1) is 14.9. The monoisotopic (exact) mass is 252 g/mol. The molecule has 0 spiro atoms. The molecule has 1 heterocycles. The van der Waals surface area contributed by atoms with Gasteiger partial charge in [-0.15, -0.1) is 0 Å². The highest BCUT2D eigenvalue weighted by molar-refractivity contribution is 5.26. The molecule has 0 saturated carbocycles. The van der Waals surface area contributed by atoms with Crippen LogP contribution in [-0.2, 0) is 4.74 Å². The van der Waals surface area contributed by atoms with Gasteiger partial charge in [0.25, 0.3) is 0 Å². The predicted octanol–water partition coefficient (Wildman–Crippen LogP) is 2.68. The average molecular weight is 252 g/mol. The molecule has 1 unspecified atom stereocenters. The lowest BCUT2D eigenvalue weighted by Gasteiger charge is -2.22. The normalized spacial score (nSPS) is 13.7. The van der Waals surface area contributed by atoms with Gasteiger partial charge in [0.1, 0.15) is 5.75 Å². The van der Waals surface area contributed by atoms with Gasteiger partial charge in [0.15, 0.2) is 0 Å². The summed E-state index contributed by atoms with van der Waals surface area (Å²) >= 11 is 0. The Morgan fingerprint density at radius 2 is 1.94 bits per heavy atom. The zero-order chi connectivity index (χ0) is 13.8. The Kier molecular flexibility index (Phi) is 5.11. The Morgan fingerprint density at radius 1 is 1.28 bits per heavy atom. The topological polar surface area (TPSA) is 57.4 Å². The summed E-state index contributed by atoms with van der Waals surface area (Å²) in [4.78, 5) is 4.14. The van der Waals surface area contributed by atoms with Crippen LogP contribution >= 0.6 is 0 Å². The van der Waals surface area contributed by atoms with Gasteiger partial charge in [-0.05, 0) is 46.2 Å². The fourth-order valence-corrected chi connectivity index (χ4v) is 1.41. The molecule has 18 heavy (non-hydrogen) atoms. The van der Waals surface area contributed by atoms with E-state index in [1.165, 1.54) is 0 Å². The number of nitrogens with zero attached hydrogens (tertiary/aromatic N) is 1. The first-order chi connectivity index (χ1) is 8.28. The number of hydrogen-bond acceptors (Lipinski definition) is 4. The lowest BCUT2D eigenvalue weighted by atomic mass is 10.1. The Bertz CT molecular complexity index is 372. The van der Waals surface area contributed by atoms with Crippen LogP contribution in [0.4, 0.5) is 0 Å². The van der Waals surface area contributed by atoms with E-state index >= 15 is 0 Å². The van der Waals surface area contributed by atoms with Crippen LogP contribution in [0.1, 0.15) is 46.2 Å². The van der Waals surface area contributed by atoms with Gasteiger partial charge >= 0.3 is 0 Å². The minimum atomic E-state index is -0.188. The summed E-state index contributed by atoms with van der Waals surface area (Å²) in [6, 6.07) is 1.73. The van der Waals surface area contributed by atoms with Crippen LogP contribution < -0.4 is 10.5 Å². The van der Waals surface area contributed by atoms with E-state index in [2.05, 4.69) is 4.98 Å². The van der Waals surface area contributed by atoms with Gasteiger partial charge in [-0.1, -0.05) is 0 Å². The minimum Gasteiger partial charge on any atom is -0.489 e. The van der Waals surface area contributed by atoms with Gasteiger partial charge in [0, 0.05) is 6.20 Å². The summed E-state index contributed by atoms with van der Waals surface area (Å²) < 4.78 is 11.3. The number of pyridine rings is 1. The van der Waals surface area contributed by atoms with E-state index in [0.29, 0.717) is 6.61 Å². The molecule has 1 aromatic rings. The van der Waals surface area contributed by atoms with Crippen molar-refractivity contribution < 1.29 is 9.47 Å². The van der Waals surface area contributed by atoms with Crippen LogP contribution in [0, 0.1) is 0 Å². The van der Waals surface area contributed by atoms with Crippen molar-refractivity contribution in [2.24, 2.45) is 5.73 Å². The Labute approximate surface area is 110 Å². The predicted molar refractivity (Wildman–Crippen MR) is 72.6 cm³/mol. The molecule has 1 aromatic heterocycles. The highest BCUT2D eigenvalue weighted by Crippen LogP contribution is 2.19. The minimum absolute atomic E-state index is 0.129. The Hall–Kier alpha value is -1.13. The second kappa shape index (κ2) is 6.16. The first-order valence-corrected chi connectivity index (χ1v) is 6.29. The highest BCUT2D eigenvalue weighted by atomic mass is 16.5. The van der Waals surface area contributed by atoms with Crippen molar-refractivity contribution >= 4 is 0 Å². The van der Waals surface area contributed by atoms with E-state index < -0.39 is 0 Å². The second-order valence-corrected chi connectivity index (χ2v) is 5.65. The third kappa shape index (κ3) is 5.47. The molecule has 0 aliphatic carbocycles. The number of ether oxygens (including phenoxy) is 2. The van der Waals surface area contributed by atoms with Crippen molar-refractivity contribution in [2.75, 3.05) is 6.61 Å². The van der Waals surface area contributed by atoms with Crippen LogP contribution in [0.3, 0.4) is 0 Å². The molecular weight excluding hydrogens is 228 g/mol. The van der Waals surface area contributed by atoms with Crippen molar-refractivity contribution in [3.8, 4) is 5.75 Å². The third-order valence-electron chi connectivity index (χ3n) is 2.23. The third-order valence-corrected chi connectivity index (χ3v) is 2.23. The molecule has 0 aromatic carbocycles. The largest absolute Gasteiger partial charge is 0.489 e. The van der Waals surface area contributed by atoms with Crippen LogP contribution in [0.15, 0.2) is 18.5 Å². The summed E-state index contributed by atoms with van der Waals surface area (Å²) in [5, 5.41) is 0. The van der Waals surface area contributed by atoms with Crippen molar-refractivity contribution in [1.29, 1.82) is 0 Å². The average Bonchev–Trinajstić information content (AvgIpc) is 2.24. The van der Waals surface area contributed by atoms with Gasteiger partial charge in [0.2, 0.25) is 0 Å². The van der Waals surface area contributed by atoms with E-state index in [4.69, 9.17) is 15.2 Å². The van der Waals surface area contributed by atoms with E-state index in [1.807, 2.05) is 40.7 Å². The summed E-state index contributed by atoms with van der Waals surface area (Å²) in [7, 11) is 0. The molecule has 1 atom stereocenters. The van der Waals surface area contributed by atoms with Crippen molar-refractivity contribution in [3.63, 3.8) is 0 Å². The molecule has 0 saturated heterocycles. The quantitative estimate of drug-likeness (QED) is 0.875. The number of rotatable bonds is 5. The molecular formula is C14H24N2O2. The molecule has 0 amide bonds. The molecule has 102 valence electrons. The standard InChI is InChI=1S/C14H24N2O2/c1-10(2)18-12-6-11(7-16-8-12)13(15)9-17-14(3,4)5/h6-8,10,13H,9,15H2,1-5H3. The lowest BCUT2D eigenvalue weighted by molar-refractivity contribution is -0.0102. The SMILES string of the molecule is CC(C)Oc1cncc(C(N)COC(C)(C)C)c1. The molecule has 4 heteroatoms. The van der Waals surface area contributed by atoms with Crippen molar-refractivity contribution in [2.45, 2.75) is 52.4 Å². The van der Waals surface area contributed by atoms with Gasteiger partial charge in [0.05, 0.1) is 30.6 Å². The van der Waals surface area contributed by atoms with Gasteiger partial charge in [-0.25, -0.2) is 0 Å². The maximum absolute atomic E-state index is 6.08. The molecule has 0 aliphatic heterocycles. The fourth-order valence-electron chi connectivity index (χ4n) is 1.41. The van der Waals surface area contributed by atoms with Crippen LogP contribution in [0.25, 0.3) is 0 Å². The van der Waals surface area contributed by atoms with E-state index in [9.17, 15) is 0 Å². The van der Waals surface area contributed by atoms with Crippen LogP contribution in [0.5, 0.6) is 5.75 Å². The zero-order valence-electron chi connectivity index (χ0n) is 11.9. The summed E-state index contributed by atoms with van der Waals surface area (Å²) in [6.07, 6.45) is 3.58. The number of hydrogen-bond donors (Lipinski definition) is 1. The summed E-state index contributed by atoms with van der Waals surface area (Å²) in [6.45, 7) is 10.5. The van der Waals surface area contributed by atoms with E-state index in [0.717, 1.165) is 11.3 Å². The first-order valence-electron chi connectivity index (χ1n) is 6.29. The smallest absolute Gasteiger partial charge is 0.138 e. The van der Waals surface area contributed by atoms with Crippen molar-refractivity contribution in [3.05, 3.63) is 24.0 Å². The van der Waals surface area contributed by atoms with E-state index in [1.54, 1.807) is 12.4 Å². The van der Waals surface area contributed by atoms with Crippen molar-refractivity contribution in [1.82, 2.24) is 4.98 Å². The lowest BCUT2D eigenvalue weighted by Crippen LogP contribution is -2.26. The maximum atomic E-state index is 6.08. The molecule has 4 nitrogen and oxygen atoms in total. The van der Waals surface area contributed by atoms with Gasteiger partial charge in [-0.3, -0.25) is 4.98 Å². The number of aromatic nitrogens is 1. The summed E-state index contributed by atoms with van der Waals surface area (Å²) in [5.74, 6) is 0.744. The zero-order valence-corrected chi connectivity index (χ0v) is 11.9. The summed E-state index contributed by atoms with van der Waals surface area (Å²) in [5.41, 5.74) is 6.83. The Balaban J connectivity index is 2.65. The maximum Gasteiger partial charge on any atom is 0.138 e. The Morgan fingerprint density at radius 3 is 2.50 bits per heavy atom. The molecule has 0 radical (unpaired) electrons. The second-order valence-electron chi connectivity index (χ2n) is 5.65. The van der Waals surface area contributed by atoms with Crippen LogP contribution in [0.2, 0.25) is 0 Å².